The summed E-state index contributed by atoms with van der Waals surface area (Å²) in [5.41, 5.74) is -1.06. The van der Waals surface area contributed by atoms with Crippen LogP contribution in [0, 0.1) is 0 Å². The summed E-state index contributed by atoms with van der Waals surface area (Å²) in [5.74, 6) is -0.394. The molecule has 0 amide bonds. The molecular formula is C10H11O5P. The van der Waals surface area contributed by atoms with Gasteiger partial charge in [0.2, 0.25) is 0 Å². The molecule has 0 saturated carbocycles. The Labute approximate surface area is 92.5 Å². The molecule has 1 aliphatic rings. The predicted octanol–water partition coefficient (Wildman–Crippen LogP) is 1.57. The van der Waals surface area contributed by atoms with Crippen LogP contribution in [0.5, 0.6) is 5.75 Å². The number of benzene rings is 1. The van der Waals surface area contributed by atoms with E-state index in [-0.39, 0.29) is 18.8 Å². The van der Waals surface area contributed by atoms with Gasteiger partial charge in [0.1, 0.15) is 5.75 Å². The number of para-hydroxylation sites is 1. The van der Waals surface area contributed by atoms with Crippen LogP contribution in [-0.2, 0) is 14.1 Å². The molecule has 0 aliphatic carbocycles. The van der Waals surface area contributed by atoms with Crippen LogP contribution in [0.2, 0.25) is 0 Å². The Morgan fingerprint density at radius 3 is 2.62 bits per heavy atom. The van der Waals surface area contributed by atoms with Gasteiger partial charge in [-0.1, -0.05) is 18.2 Å². The molecular weight excluding hydrogens is 231 g/mol. The van der Waals surface area contributed by atoms with Crippen LogP contribution in [0.1, 0.15) is 6.42 Å². The predicted molar refractivity (Wildman–Crippen MR) is 56.3 cm³/mol. The molecule has 0 aromatic heterocycles. The first-order valence-corrected chi connectivity index (χ1v) is 6.48. The Balaban J connectivity index is 2.14. The summed E-state index contributed by atoms with van der Waals surface area (Å²) in [7, 11) is -3.99. The normalized spacial score (nSPS) is 23.6. The lowest BCUT2D eigenvalue weighted by Crippen LogP contribution is -2.17. The van der Waals surface area contributed by atoms with Crippen LogP contribution in [0.3, 0.4) is 0 Å². The van der Waals surface area contributed by atoms with Crippen molar-refractivity contribution in [2.45, 2.75) is 12.1 Å². The molecule has 0 radical (unpaired) electrons. The first-order valence-electron chi connectivity index (χ1n) is 4.83. The summed E-state index contributed by atoms with van der Waals surface area (Å²) < 4.78 is 21.4. The molecule has 1 aromatic carbocycles. The maximum absolute atomic E-state index is 11.8. The molecule has 2 atom stereocenters. The van der Waals surface area contributed by atoms with Gasteiger partial charge >= 0.3 is 13.6 Å². The molecule has 2 unspecified atom stereocenters. The Morgan fingerprint density at radius 1 is 1.38 bits per heavy atom. The molecule has 1 N–H and O–H groups in total. The van der Waals surface area contributed by atoms with Crippen molar-refractivity contribution >= 4 is 13.6 Å². The van der Waals surface area contributed by atoms with E-state index in [9.17, 15) is 14.3 Å². The van der Waals surface area contributed by atoms with Crippen molar-refractivity contribution in [1.29, 1.82) is 0 Å². The van der Waals surface area contributed by atoms with Gasteiger partial charge in [-0.3, -0.25) is 4.79 Å². The fraction of sp³-hybridized carbons (Fsp3) is 0.300. The lowest BCUT2D eigenvalue weighted by Gasteiger charge is -2.16. The highest BCUT2D eigenvalue weighted by molar-refractivity contribution is 7.55. The minimum absolute atomic E-state index is 0.173. The summed E-state index contributed by atoms with van der Waals surface area (Å²) in [5, 5.41) is 0. The smallest absolute Gasteiger partial charge is 0.391 e. The van der Waals surface area contributed by atoms with E-state index in [0.29, 0.717) is 0 Å². The third kappa shape index (κ3) is 2.26. The van der Waals surface area contributed by atoms with Crippen molar-refractivity contribution in [2.75, 3.05) is 6.61 Å². The fourth-order valence-electron chi connectivity index (χ4n) is 1.48. The third-order valence-corrected chi connectivity index (χ3v) is 4.01. The average molecular weight is 242 g/mol. The van der Waals surface area contributed by atoms with Gasteiger partial charge in [-0.05, 0) is 12.1 Å². The van der Waals surface area contributed by atoms with E-state index >= 15 is 0 Å². The van der Waals surface area contributed by atoms with Crippen LogP contribution >= 0.6 is 7.60 Å². The number of cyclic esters (lactones) is 1. The van der Waals surface area contributed by atoms with Gasteiger partial charge in [0.05, 0.1) is 6.61 Å². The standard InChI is InChI=1S/C10H11O5P/c11-10-9(6-7-14-10)16(12,13)15-8-4-2-1-3-5-8/h1-5,9H,6-7H2,(H,12,13). The second-order valence-electron chi connectivity index (χ2n) is 3.44. The van der Waals surface area contributed by atoms with E-state index in [1.165, 1.54) is 0 Å². The van der Waals surface area contributed by atoms with Gasteiger partial charge in [-0.2, -0.15) is 0 Å². The molecule has 6 heteroatoms. The molecule has 86 valence electrons. The fourth-order valence-corrected chi connectivity index (χ4v) is 2.80. The number of esters is 1. The maximum Gasteiger partial charge on any atom is 0.391 e. The van der Waals surface area contributed by atoms with Crippen LogP contribution < -0.4 is 4.52 Å². The van der Waals surface area contributed by atoms with E-state index in [1.807, 2.05) is 0 Å². The van der Waals surface area contributed by atoms with Crippen LogP contribution in [0.4, 0.5) is 0 Å². The molecule has 5 nitrogen and oxygen atoms in total. The van der Waals surface area contributed by atoms with Gasteiger partial charge in [0.25, 0.3) is 0 Å². The maximum atomic E-state index is 11.8. The molecule has 0 spiro atoms. The number of rotatable bonds is 3. The first kappa shape index (κ1) is 11.2. The molecule has 0 bridgehead atoms. The van der Waals surface area contributed by atoms with E-state index < -0.39 is 19.2 Å². The first-order chi connectivity index (χ1) is 7.59. The minimum Gasteiger partial charge on any atom is -0.465 e. The van der Waals surface area contributed by atoms with Gasteiger partial charge < -0.3 is 14.2 Å². The molecule has 1 heterocycles. The molecule has 1 aromatic rings. The highest BCUT2D eigenvalue weighted by Gasteiger charge is 2.44. The Morgan fingerprint density at radius 2 is 2.06 bits per heavy atom. The summed E-state index contributed by atoms with van der Waals surface area (Å²) >= 11 is 0. The quantitative estimate of drug-likeness (QED) is 0.643. The highest BCUT2D eigenvalue weighted by atomic mass is 31.2. The second-order valence-corrected chi connectivity index (χ2v) is 5.37. The van der Waals surface area contributed by atoms with Crippen LogP contribution in [0.25, 0.3) is 0 Å². The Hall–Kier alpha value is -1.32. The highest BCUT2D eigenvalue weighted by Crippen LogP contribution is 2.50. The zero-order chi connectivity index (χ0) is 11.6. The van der Waals surface area contributed by atoms with Crippen molar-refractivity contribution in [3.63, 3.8) is 0 Å². The zero-order valence-corrected chi connectivity index (χ0v) is 9.30. The molecule has 16 heavy (non-hydrogen) atoms. The summed E-state index contributed by atoms with van der Waals surface area (Å²) in [4.78, 5) is 20.8. The number of carbonyl (C=O) groups is 1. The van der Waals surface area contributed by atoms with Crippen molar-refractivity contribution in [3.05, 3.63) is 30.3 Å². The van der Waals surface area contributed by atoms with E-state index in [1.54, 1.807) is 30.3 Å². The van der Waals surface area contributed by atoms with Gasteiger partial charge in [-0.25, -0.2) is 4.57 Å². The van der Waals surface area contributed by atoms with E-state index in [0.717, 1.165) is 0 Å². The lowest BCUT2D eigenvalue weighted by atomic mass is 10.3. The summed E-state index contributed by atoms with van der Waals surface area (Å²) in [6, 6.07) is 8.25. The van der Waals surface area contributed by atoms with Crippen molar-refractivity contribution < 1.29 is 23.5 Å². The van der Waals surface area contributed by atoms with Crippen molar-refractivity contribution in [3.8, 4) is 5.75 Å². The number of ether oxygens (including phenoxy) is 1. The van der Waals surface area contributed by atoms with E-state index in [2.05, 4.69) is 4.74 Å². The number of hydrogen-bond donors (Lipinski definition) is 1. The van der Waals surface area contributed by atoms with Gasteiger partial charge in [0, 0.05) is 6.42 Å². The van der Waals surface area contributed by atoms with E-state index in [4.69, 9.17) is 4.52 Å². The number of carbonyl (C=O) groups excluding carboxylic acids is 1. The molecule has 1 fully saturated rings. The second kappa shape index (κ2) is 4.28. The van der Waals surface area contributed by atoms with Gasteiger partial charge in [0.15, 0.2) is 5.66 Å². The summed E-state index contributed by atoms with van der Waals surface area (Å²) in [6.45, 7) is 0.173. The average Bonchev–Trinajstić information content (AvgIpc) is 2.66. The molecule has 1 saturated heterocycles. The monoisotopic (exact) mass is 242 g/mol. The third-order valence-electron chi connectivity index (χ3n) is 2.28. The van der Waals surface area contributed by atoms with Crippen LogP contribution in [-0.4, -0.2) is 23.1 Å². The van der Waals surface area contributed by atoms with Gasteiger partial charge in [-0.15, -0.1) is 0 Å². The SMILES string of the molecule is O=C1OCCC1P(=O)(O)Oc1ccccc1. The van der Waals surface area contributed by atoms with Crippen molar-refractivity contribution in [2.24, 2.45) is 0 Å². The Kier molecular flexibility index (Phi) is 2.99. The topological polar surface area (TPSA) is 72.8 Å². The lowest BCUT2D eigenvalue weighted by molar-refractivity contribution is -0.137. The molecule has 1 aliphatic heterocycles. The molecule has 2 rings (SSSR count). The largest absolute Gasteiger partial charge is 0.465 e. The summed E-state index contributed by atoms with van der Waals surface area (Å²) in [6.07, 6.45) is 0.222. The van der Waals surface area contributed by atoms with Crippen molar-refractivity contribution in [1.82, 2.24) is 0 Å². The zero-order valence-electron chi connectivity index (χ0n) is 8.41. The minimum atomic E-state index is -3.99. The number of hydrogen-bond acceptors (Lipinski definition) is 4. The van der Waals surface area contributed by atoms with Crippen LogP contribution in [0.15, 0.2) is 30.3 Å². The Bertz CT molecular complexity index is 430.